The van der Waals surface area contributed by atoms with Gasteiger partial charge in [0, 0.05) is 23.1 Å². The average Bonchev–Trinajstić information content (AvgIpc) is 2.68. The van der Waals surface area contributed by atoms with Crippen molar-refractivity contribution in [3.63, 3.8) is 0 Å². The van der Waals surface area contributed by atoms with Gasteiger partial charge in [-0.2, -0.15) is 0 Å². The fourth-order valence-corrected chi connectivity index (χ4v) is 4.70. The van der Waals surface area contributed by atoms with Crippen molar-refractivity contribution in [2.24, 2.45) is 5.41 Å². The van der Waals surface area contributed by atoms with E-state index in [1.165, 1.54) is 6.07 Å². The van der Waals surface area contributed by atoms with E-state index in [1.807, 2.05) is 13.8 Å². The second kappa shape index (κ2) is 7.51. The lowest BCUT2D eigenvalue weighted by Crippen LogP contribution is -2.51. The lowest BCUT2D eigenvalue weighted by molar-refractivity contribution is -0.179. The summed E-state index contributed by atoms with van der Waals surface area (Å²) in [5, 5.41) is 50.9. The molecule has 2 aliphatic heterocycles. The minimum atomic E-state index is -2.71. The third kappa shape index (κ3) is 3.88. The molecule has 0 saturated carbocycles. The van der Waals surface area contributed by atoms with Crippen LogP contribution in [0.4, 0.5) is 0 Å². The van der Waals surface area contributed by atoms with Gasteiger partial charge in [0.25, 0.3) is 5.79 Å². The summed E-state index contributed by atoms with van der Waals surface area (Å²) in [7, 11) is -2.16. The van der Waals surface area contributed by atoms with E-state index in [9.17, 15) is 30.3 Å². The van der Waals surface area contributed by atoms with Gasteiger partial charge < -0.3 is 39.3 Å². The van der Waals surface area contributed by atoms with Gasteiger partial charge in [-0.15, -0.1) is 0 Å². The highest BCUT2D eigenvalue weighted by Crippen LogP contribution is 2.55. The summed E-state index contributed by atoms with van der Waals surface area (Å²) in [4.78, 5) is 13.3. The van der Waals surface area contributed by atoms with Gasteiger partial charge in [-0.3, -0.25) is 9.32 Å². The van der Waals surface area contributed by atoms with Crippen LogP contribution in [0.15, 0.2) is 30.3 Å². The highest BCUT2D eigenvalue weighted by molar-refractivity contribution is 7.41. The second-order valence-electron chi connectivity index (χ2n) is 8.14. The molecule has 2 heterocycles. The van der Waals surface area contributed by atoms with Crippen LogP contribution in [0.2, 0.25) is 0 Å². The minimum Gasteiger partial charge on any atom is -0.508 e. The Morgan fingerprint density at radius 2 is 1.68 bits per heavy atom. The molecule has 2 aromatic carbocycles. The van der Waals surface area contributed by atoms with Gasteiger partial charge in [-0.25, -0.2) is 0 Å². The molecule has 0 bridgehead atoms. The average molecular weight is 452 g/mol. The number of aromatic hydroxyl groups is 4. The Hall–Kier alpha value is -2.62. The summed E-state index contributed by atoms with van der Waals surface area (Å²) < 4.78 is 22.4. The maximum absolute atomic E-state index is 13.3. The number of ketones is 1. The first-order chi connectivity index (χ1) is 14.5. The SMILES string of the molecule is CC1(C)COP(OC2(O)C(=O)c3c(O)cc(O)cc3OC2c2ccc(O)c(O)c2)OC1. The van der Waals surface area contributed by atoms with Gasteiger partial charge in [0.05, 0.1) is 13.2 Å². The van der Waals surface area contributed by atoms with Crippen LogP contribution in [0, 0.1) is 5.41 Å². The molecule has 2 unspecified atom stereocenters. The first-order valence-electron chi connectivity index (χ1n) is 9.27. The zero-order valence-corrected chi connectivity index (χ0v) is 17.5. The number of Topliss-reactive ketones (excluding diaryl/α,β-unsaturated/α-hetero) is 1. The number of aliphatic hydroxyl groups is 1. The summed E-state index contributed by atoms with van der Waals surface area (Å²) in [6.07, 6.45) is -1.55. The Balaban J connectivity index is 1.77. The van der Waals surface area contributed by atoms with Gasteiger partial charge in [0.15, 0.2) is 17.6 Å². The number of phenolic OH excluding ortho intramolecular Hbond substituents is 4. The van der Waals surface area contributed by atoms with E-state index in [4.69, 9.17) is 18.3 Å². The molecule has 2 aliphatic rings. The van der Waals surface area contributed by atoms with E-state index < -0.39 is 49.1 Å². The second-order valence-corrected chi connectivity index (χ2v) is 9.28. The van der Waals surface area contributed by atoms with Crippen molar-refractivity contribution in [3.05, 3.63) is 41.5 Å². The monoisotopic (exact) mass is 452 g/mol. The molecule has 5 N–H and O–H groups in total. The quantitative estimate of drug-likeness (QED) is 0.267. The summed E-state index contributed by atoms with van der Waals surface area (Å²) in [5.41, 5.74) is -0.610. The minimum absolute atomic E-state index is 0.0759. The number of rotatable bonds is 3. The fraction of sp³-hybridized carbons (Fsp3) is 0.350. The van der Waals surface area contributed by atoms with Gasteiger partial charge in [-0.05, 0) is 12.1 Å². The molecular weight excluding hydrogens is 431 g/mol. The van der Waals surface area contributed by atoms with E-state index in [2.05, 4.69) is 0 Å². The molecule has 1 saturated heterocycles. The molecule has 0 spiro atoms. The number of fused-ring (bicyclic) bond motifs is 1. The van der Waals surface area contributed by atoms with E-state index >= 15 is 0 Å². The number of carbonyl (C=O) groups excluding carboxylic acids is 1. The van der Waals surface area contributed by atoms with Crippen LogP contribution >= 0.6 is 8.60 Å². The third-order valence-corrected chi connectivity index (χ3v) is 5.96. The van der Waals surface area contributed by atoms with Crippen molar-refractivity contribution >= 4 is 14.4 Å². The molecule has 2 aromatic rings. The summed E-state index contributed by atoms with van der Waals surface area (Å²) in [5.74, 6) is -5.88. The first kappa shape index (κ1) is 21.6. The maximum atomic E-state index is 13.3. The summed E-state index contributed by atoms with van der Waals surface area (Å²) >= 11 is 0. The van der Waals surface area contributed by atoms with Crippen LogP contribution in [0.5, 0.6) is 28.7 Å². The van der Waals surface area contributed by atoms with E-state index in [-0.39, 0.29) is 35.7 Å². The molecule has 0 amide bonds. The van der Waals surface area contributed by atoms with Gasteiger partial charge >= 0.3 is 8.60 Å². The molecule has 166 valence electrons. The first-order valence-corrected chi connectivity index (χ1v) is 10.4. The molecule has 10 nitrogen and oxygen atoms in total. The van der Waals surface area contributed by atoms with Crippen LogP contribution in [-0.4, -0.2) is 50.3 Å². The number of benzene rings is 2. The summed E-state index contributed by atoms with van der Waals surface area (Å²) in [6.45, 7) is 4.33. The molecule has 4 rings (SSSR count). The van der Waals surface area contributed by atoms with Crippen LogP contribution < -0.4 is 4.74 Å². The highest BCUT2D eigenvalue weighted by Gasteiger charge is 2.56. The predicted octanol–water partition coefficient (Wildman–Crippen LogP) is 2.83. The van der Waals surface area contributed by atoms with E-state index in [0.717, 1.165) is 24.3 Å². The lowest BCUT2D eigenvalue weighted by atomic mass is 9.89. The fourth-order valence-electron chi connectivity index (χ4n) is 3.20. The molecule has 1 fully saturated rings. The van der Waals surface area contributed by atoms with Crippen LogP contribution in [0.3, 0.4) is 0 Å². The number of hydrogen-bond acceptors (Lipinski definition) is 10. The number of ether oxygens (including phenoxy) is 1. The normalized spacial score (nSPS) is 25.6. The Kier molecular flexibility index (Phi) is 5.23. The van der Waals surface area contributed by atoms with E-state index in [1.54, 1.807) is 0 Å². The molecule has 31 heavy (non-hydrogen) atoms. The zero-order chi connectivity index (χ0) is 22.6. The number of carbonyl (C=O) groups is 1. The van der Waals surface area contributed by atoms with Crippen LogP contribution in [-0.2, 0) is 13.6 Å². The molecule has 0 aliphatic carbocycles. The third-order valence-electron chi connectivity index (χ3n) is 4.86. The van der Waals surface area contributed by atoms with Crippen LogP contribution in [0.1, 0.15) is 35.9 Å². The number of hydrogen-bond donors (Lipinski definition) is 5. The predicted molar refractivity (Wildman–Crippen MR) is 106 cm³/mol. The highest BCUT2D eigenvalue weighted by atomic mass is 31.2. The zero-order valence-electron chi connectivity index (χ0n) is 16.6. The maximum Gasteiger partial charge on any atom is 0.335 e. The molecule has 0 aromatic heterocycles. The Labute approximate surface area is 178 Å². The van der Waals surface area contributed by atoms with E-state index in [0.29, 0.717) is 0 Å². The molecule has 0 radical (unpaired) electrons. The van der Waals surface area contributed by atoms with Crippen molar-refractivity contribution < 1.29 is 48.6 Å². The molecule has 2 atom stereocenters. The van der Waals surface area contributed by atoms with Crippen molar-refractivity contribution in [2.45, 2.75) is 25.7 Å². The summed E-state index contributed by atoms with van der Waals surface area (Å²) in [6, 6.07) is 5.58. The number of phenols is 4. The van der Waals surface area contributed by atoms with Crippen molar-refractivity contribution in [3.8, 4) is 28.7 Å². The Morgan fingerprint density at radius 3 is 2.32 bits per heavy atom. The Bertz CT molecular complexity index is 1030. The topological polar surface area (TPSA) is 155 Å². The standard InChI is InChI=1S/C20H21O10P/c1-19(2)8-27-31(28-9-19)30-20(26)17(25)16-14(24)6-11(21)7-15(16)29-18(20)10-3-4-12(22)13(23)5-10/h3-7,18,21-24,26H,8-9H2,1-2H3. The molecule has 11 heteroatoms. The van der Waals surface area contributed by atoms with Crippen molar-refractivity contribution in [2.75, 3.05) is 13.2 Å². The van der Waals surface area contributed by atoms with Gasteiger partial charge in [0.2, 0.25) is 5.78 Å². The van der Waals surface area contributed by atoms with Crippen molar-refractivity contribution in [1.82, 2.24) is 0 Å². The largest absolute Gasteiger partial charge is 0.508 e. The van der Waals surface area contributed by atoms with Crippen molar-refractivity contribution in [1.29, 1.82) is 0 Å². The van der Waals surface area contributed by atoms with Gasteiger partial charge in [-0.1, -0.05) is 19.9 Å². The Morgan fingerprint density at radius 1 is 1.00 bits per heavy atom. The smallest absolute Gasteiger partial charge is 0.335 e. The lowest BCUT2D eigenvalue weighted by Gasteiger charge is -2.41. The van der Waals surface area contributed by atoms with Crippen LogP contribution in [0.25, 0.3) is 0 Å². The van der Waals surface area contributed by atoms with Gasteiger partial charge in [0.1, 0.15) is 22.8 Å². The molecular formula is C20H21O10P.